The monoisotopic (exact) mass is 339 g/mol. The van der Waals surface area contributed by atoms with Crippen LogP contribution < -0.4 is 0 Å². The second kappa shape index (κ2) is 6.59. The highest BCUT2D eigenvalue weighted by molar-refractivity contribution is 6.10. The number of hydrogen-bond acceptors (Lipinski definition) is 4. The minimum absolute atomic E-state index is 0.197. The van der Waals surface area contributed by atoms with E-state index in [9.17, 15) is 9.59 Å². The van der Waals surface area contributed by atoms with Crippen molar-refractivity contribution in [3.63, 3.8) is 0 Å². The lowest BCUT2D eigenvalue weighted by atomic mass is 9.82. The number of rotatable bonds is 5. The van der Waals surface area contributed by atoms with Crippen LogP contribution in [0, 0.1) is 0 Å². The number of nitrogens with one attached hydrogen (secondary N) is 1. The third kappa shape index (κ3) is 2.76. The van der Waals surface area contributed by atoms with E-state index in [1.54, 1.807) is 26.8 Å². The molecule has 130 valence electrons. The van der Waals surface area contributed by atoms with E-state index < -0.39 is 17.4 Å². The predicted molar refractivity (Wildman–Crippen MR) is 96.4 cm³/mol. The summed E-state index contributed by atoms with van der Waals surface area (Å²) in [6.07, 6.45) is 0. The molecule has 25 heavy (non-hydrogen) atoms. The maximum absolute atomic E-state index is 12.6. The lowest BCUT2D eigenvalue weighted by Gasteiger charge is -2.25. The van der Waals surface area contributed by atoms with Gasteiger partial charge in [-0.05, 0) is 38.5 Å². The van der Waals surface area contributed by atoms with Gasteiger partial charge in [0.1, 0.15) is 0 Å². The minimum atomic E-state index is -1.50. The summed E-state index contributed by atoms with van der Waals surface area (Å²) in [5, 5.41) is 2.13. The van der Waals surface area contributed by atoms with E-state index in [-0.39, 0.29) is 13.2 Å². The Morgan fingerprint density at radius 3 is 2.16 bits per heavy atom. The van der Waals surface area contributed by atoms with E-state index in [2.05, 4.69) is 4.98 Å². The van der Waals surface area contributed by atoms with Crippen LogP contribution in [0.5, 0.6) is 0 Å². The largest absolute Gasteiger partial charge is 0.465 e. The molecule has 1 heterocycles. The predicted octanol–water partition coefficient (Wildman–Crippen LogP) is 3.71. The topological polar surface area (TPSA) is 68.4 Å². The quantitative estimate of drug-likeness (QED) is 0.568. The zero-order valence-electron chi connectivity index (χ0n) is 14.6. The fourth-order valence-corrected chi connectivity index (χ4v) is 3.04. The van der Waals surface area contributed by atoms with Crippen molar-refractivity contribution in [2.45, 2.75) is 26.2 Å². The smallest absolute Gasteiger partial charge is 0.327 e. The number of hydrogen-bond donors (Lipinski definition) is 1. The van der Waals surface area contributed by atoms with Gasteiger partial charge in [0.25, 0.3) is 0 Å². The van der Waals surface area contributed by atoms with E-state index >= 15 is 0 Å². The molecule has 0 fully saturated rings. The molecule has 3 rings (SSSR count). The number of carbonyl (C=O) groups is 2. The van der Waals surface area contributed by atoms with Crippen LogP contribution in [0.15, 0.2) is 42.5 Å². The van der Waals surface area contributed by atoms with Gasteiger partial charge in [0.15, 0.2) is 5.41 Å². The normalized spacial score (nSPS) is 11.6. The van der Waals surface area contributed by atoms with Crippen molar-refractivity contribution in [2.24, 2.45) is 0 Å². The molecule has 1 aromatic heterocycles. The average Bonchev–Trinajstić information content (AvgIpc) is 2.99. The Labute approximate surface area is 145 Å². The number of ether oxygens (including phenoxy) is 2. The fourth-order valence-electron chi connectivity index (χ4n) is 3.04. The molecule has 0 spiro atoms. The van der Waals surface area contributed by atoms with Crippen LogP contribution in [-0.2, 0) is 24.5 Å². The van der Waals surface area contributed by atoms with Crippen LogP contribution in [0.4, 0.5) is 0 Å². The first-order valence-electron chi connectivity index (χ1n) is 8.37. The Hall–Kier alpha value is -2.82. The van der Waals surface area contributed by atoms with E-state index in [1.807, 2.05) is 36.4 Å². The number of aromatic nitrogens is 1. The number of aromatic amines is 1. The Morgan fingerprint density at radius 2 is 1.52 bits per heavy atom. The highest BCUT2D eigenvalue weighted by atomic mass is 16.6. The Kier molecular flexibility index (Phi) is 4.49. The van der Waals surface area contributed by atoms with Gasteiger partial charge in [0.05, 0.1) is 13.2 Å². The lowest BCUT2D eigenvalue weighted by molar-refractivity contribution is -0.163. The van der Waals surface area contributed by atoms with Crippen molar-refractivity contribution in [2.75, 3.05) is 13.2 Å². The van der Waals surface area contributed by atoms with Crippen molar-refractivity contribution in [1.82, 2.24) is 4.98 Å². The maximum atomic E-state index is 12.6. The molecule has 1 N–H and O–H groups in total. The molecule has 0 radical (unpaired) electrons. The first kappa shape index (κ1) is 17.0. The lowest BCUT2D eigenvalue weighted by Crippen LogP contribution is -2.43. The van der Waals surface area contributed by atoms with E-state index in [4.69, 9.17) is 9.47 Å². The first-order chi connectivity index (χ1) is 12.0. The Bertz CT molecular complexity index is 923. The number of benzene rings is 2. The van der Waals surface area contributed by atoms with Gasteiger partial charge in [0, 0.05) is 21.8 Å². The zero-order chi connectivity index (χ0) is 18.0. The summed E-state index contributed by atoms with van der Waals surface area (Å²) < 4.78 is 10.3. The summed E-state index contributed by atoms with van der Waals surface area (Å²) in [6.45, 7) is 5.37. The first-order valence-corrected chi connectivity index (χ1v) is 8.37. The van der Waals surface area contributed by atoms with Gasteiger partial charge in [-0.1, -0.05) is 30.3 Å². The molecule has 0 bridgehead atoms. The van der Waals surface area contributed by atoms with Gasteiger partial charge in [-0.15, -0.1) is 0 Å². The summed E-state index contributed by atoms with van der Waals surface area (Å²) in [6, 6.07) is 13.5. The molecule has 0 aliphatic rings. The molecular formula is C20H21NO4. The van der Waals surface area contributed by atoms with Crippen LogP contribution in [0.3, 0.4) is 0 Å². The fraction of sp³-hybridized carbons (Fsp3) is 0.300. The maximum Gasteiger partial charge on any atom is 0.327 e. The number of para-hydroxylation sites is 1. The van der Waals surface area contributed by atoms with Gasteiger partial charge in [0.2, 0.25) is 0 Å². The van der Waals surface area contributed by atoms with E-state index in [1.165, 1.54) is 0 Å². The number of esters is 2. The summed E-state index contributed by atoms with van der Waals surface area (Å²) >= 11 is 0. The van der Waals surface area contributed by atoms with Crippen LogP contribution in [0.2, 0.25) is 0 Å². The SMILES string of the molecule is CCOC(=O)C(C)(C(=O)OCC)c1ccc2c(c1)[nH]c1ccccc12. The Morgan fingerprint density at radius 1 is 0.920 bits per heavy atom. The number of H-pyrrole nitrogens is 1. The molecule has 0 aliphatic carbocycles. The average molecular weight is 339 g/mol. The molecule has 0 saturated heterocycles. The molecular weight excluding hydrogens is 318 g/mol. The van der Waals surface area contributed by atoms with Gasteiger partial charge in [-0.3, -0.25) is 9.59 Å². The van der Waals surface area contributed by atoms with Gasteiger partial charge < -0.3 is 14.5 Å². The molecule has 5 heteroatoms. The summed E-state index contributed by atoms with van der Waals surface area (Å²) in [7, 11) is 0. The molecule has 0 amide bonds. The van der Waals surface area contributed by atoms with Crippen LogP contribution in [-0.4, -0.2) is 30.1 Å². The van der Waals surface area contributed by atoms with E-state index in [0.29, 0.717) is 5.56 Å². The second-order valence-electron chi connectivity index (χ2n) is 6.00. The summed E-state index contributed by atoms with van der Waals surface area (Å²) in [4.78, 5) is 28.4. The summed E-state index contributed by atoms with van der Waals surface area (Å²) in [5.41, 5.74) is 0.905. The minimum Gasteiger partial charge on any atom is -0.465 e. The molecule has 0 unspecified atom stereocenters. The molecule has 5 nitrogen and oxygen atoms in total. The molecule has 3 aromatic rings. The van der Waals surface area contributed by atoms with Gasteiger partial charge in [-0.2, -0.15) is 0 Å². The van der Waals surface area contributed by atoms with Crippen LogP contribution in [0.25, 0.3) is 21.8 Å². The second-order valence-corrected chi connectivity index (χ2v) is 6.00. The van der Waals surface area contributed by atoms with Gasteiger partial charge >= 0.3 is 11.9 Å². The van der Waals surface area contributed by atoms with Crippen LogP contribution >= 0.6 is 0 Å². The van der Waals surface area contributed by atoms with Crippen LogP contribution in [0.1, 0.15) is 26.3 Å². The number of carbonyl (C=O) groups excluding carboxylic acids is 2. The van der Waals surface area contributed by atoms with Crippen molar-refractivity contribution >= 4 is 33.7 Å². The summed E-state index contributed by atoms with van der Waals surface area (Å²) in [5.74, 6) is -1.21. The van der Waals surface area contributed by atoms with Crippen molar-refractivity contribution in [1.29, 1.82) is 0 Å². The Balaban J connectivity index is 2.16. The molecule has 0 aliphatic heterocycles. The van der Waals surface area contributed by atoms with E-state index in [0.717, 1.165) is 21.8 Å². The highest BCUT2D eigenvalue weighted by Crippen LogP contribution is 2.32. The molecule has 0 saturated carbocycles. The third-order valence-corrected chi connectivity index (χ3v) is 4.45. The third-order valence-electron chi connectivity index (χ3n) is 4.45. The van der Waals surface area contributed by atoms with Crippen molar-refractivity contribution in [3.8, 4) is 0 Å². The number of fused-ring (bicyclic) bond motifs is 3. The standard InChI is InChI=1S/C20H21NO4/c1-4-24-18(22)20(3,19(23)25-5-2)13-10-11-15-14-8-6-7-9-16(14)21-17(15)12-13/h6-12,21H,4-5H2,1-3H3. The highest BCUT2D eigenvalue weighted by Gasteiger charge is 2.46. The molecule has 0 atom stereocenters. The molecule has 2 aromatic carbocycles. The van der Waals surface area contributed by atoms with Crippen molar-refractivity contribution < 1.29 is 19.1 Å². The zero-order valence-corrected chi connectivity index (χ0v) is 14.6. The van der Waals surface area contributed by atoms with Gasteiger partial charge in [-0.25, -0.2) is 0 Å². The van der Waals surface area contributed by atoms with Crippen molar-refractivity contribution in [3.05, 3.63) is 48.0 Å².